The summed E-state index contributed by atoms with van der Waals surface area (Å²) < 4.78 is 1.41. The molecule has 0 saturated heterocycles. The monoisotopic (exact) mass is 1420 g/mol. The van der Waals surface area contributed by atoms with Crippen LogP contribution in [0.5, 0.6) is 0 Å². The van der Waals surface area contributed by atoms with E-state index in [4.69, 9.17) is 0 Å². The number of carbonyl (C=O) groups is 6. The van der Waals surface area contributed by atoms with E-state index >= 15 is 0 Å². The normalized spacial score (nSPS) is 11.0. The number of anilines is 2. The Bertz CT molecular complexity index is 1620. The van der Waals surface area contributed by atoms with Crippen LogP contribution in [-0.2, 0) is 9.59 Å². The van der Waals surface area contributed by atoms with Crippen LogP contribution >= 0.6 is 136 Å². The molecule has 0 bridgehead atoms. The third kappa shape index (κ3) is 12.7. The van der Waals surface area contributed by atoms with E-state index in [1.165, 1.54) is 0 Å². The average molecular weight is 1420 g/mol. The molecule has 0 aromatic heterocycles. The summed E-state index contributed by atoms with van der Waals surface area (Å²) in [4.78, 5) is 77.7. The molecular weight excluding hydrogens is 1390 g/mol. The largest absolute Gasteiger partial charge is 0.394 e. The van der Waals surface area contributed by atoms with Crippen LogP contribution in [0.1, 0.15) is 47.9 Å². The van der Waals surface area contributed by atoms with Gasteiger partial charge in [-0.3, -0.25) is 28.8 Å². The van der Waals surface area contributed by atoms with Crippen molar-refractivity contribution < 1.29 is 59.4 Å². The van der Waals surface area contributed by atoms with Crippen molar-refractivity contribution in [2.45, 2.75) is 18.5 Å². The second-order valence-corrected chi connectivity index (χ2v) is 17.0. The van der Waals surface area contributed by atoms with Gasteiger partial charge in [-0.2, -0.15) is 0 Å². The zero-order valence-electron chi connectivity index (χ0n) is 26.9. The molecule has 6 amide bonds. The van der Waals surface area contributed by atoms with Gasteiger partial charge in [-0.15, -0.1) is 0 Å². The first kappa shape index (κ1) is 48.5. The zero-order valence-corrected chi connectivity index (χ0v) is 39.9. The maximum atomic E-state index is 13.5. The topological polar surface area (TPSA) is 296 Å². The van der Waals surface area contributed by atoms with Crippen LogP contribution in [0, 0.1) is 21.4 Å². The number of aliphatic hydroxyl groups excluding tert-OH is 6. The number of hydrogen-bond acceptors (Lipinski definition) is 12. The summed E-state index contributed by atoms with van der Waals surface area (Å²) in [5.74, 6) is -4.34. The highest BCUT2D eigenvalue weighted by Gasteiger charge is 2.31. The number of rotatable bonds is 18. The van der Waals surface area contributed by atoms with E-state index in [1.807, 2.05) is 90.4 Å². The summed E-state index contributed by atoms with van der Waals surface area (Å²) in [6, 6.07) is -2.00. The molecule has 2 aromatic carbocycles. The third-order valence-electron chi connectivity index (χ3n) is 6.83. The highest BCUT2D eigenvalue weighted by molar-refractivity contribution is 14.1. The van der Waals surface area contributed by atoms with Crippen LogP contribution in [-0.4, -0.2) is 131 Å². The van der Waals surface area contributed by atoms with Crippen LogP contribution in [0.3, 0.4) is 0 Å². The van der Waals surface area contributed by atoms with E-state index < -0.39 is 87.2 Å². The SMILES string of the molecule is O=C(CO)Nc1c(I)c(C(=O)NCCCNC(=O)c2c(I)c(NC(=O)CO)c(I)c(C(=O)NC(CO)CO)c2I)c(I)c(C(=O)NC(CO)CO)c1I. The molecule has 53 heavy (non-hydrogen) atoms. The quantitative estimate of drug-likeness (QED) is 0.0689. The van der Waals surface area contributed by atoms with Crippen LogP contribution in [0.15, 0.2) is 0 Å². The molecule has 0 fully saturated rings. The molecule has 0 aliphatic heterocycles. The highest BCUT2D eigenvalue weighted by Crippen LogP contribution is 2.37. The minimum Gasteiger partial charge on any atom is -0.394 e. The van der Waals surface area contributed by atoms with E-state index in [9.17, 15) is 59.4 Å². The molecule has 0 atom stereocenters. The summed E-state index contributed by atoms with van der Waals surface area (Å²) in [6.07, 6.45) is 0.193. The van der Waals surface area contributed by atoms with Gasteiger partial charge in [0.1, 0.15) is 13.2 Å². The van der Waals surface area contributed by atoms with Gasteiger partial charge in [0, 0.05) is 20.2 Å². The predicted molar refractivity (Wildman–Crippen MR) is 241 cm³/mol. The molecule has 0 unspecified atom stereocenters. The van der Waals surface area contributed by atoms with Crippen molar-refractivity contribution in [1.29, 1.82) is 0 Å². The van der Waals surface area contributed by atoms with Gasteiger partial charge in [0.25, 0.3) is 23.6 Å². The first-order valence-corrected chi connectivity index (χ1v) is 21.4. The van der Waals surface area contributed by atoms with Crippen molar-refractivity contribution in [3.05, 3.63) is 43.7 Å². The molecule has 12 N–H and O–H groups in total. The van der Waals surface area contributed by atoms with Gasteiger partial charge in [-0.1, -0.05) is 0 Å². The van der Waals surface area contributed by atoms with Gasteiger partial charge in [0.2, 0.25) is 11.8 Å². The standard InChI is InChI=1S/C29H32I6N6O12/c30-18-14(20(32)24(40-12(48)8-46)22(34)16(18)28(52)38-10(4-42)5-43)26(50)36-2-1-3-37-27(51)15-19(31)17(29(53)39-11(6-44)7-45)23(35)25(21(15)33)41-13(49)9-47/h10-11,42-47H,1-9H2,(H,36,50)(H,37,51)(H,38,52)(H,39,53)(H,40,48)(H,41,49). The summed E-state index contributed by atoms with van der Waals surface area (Å²) in [5.41, 5.74) is 0.188. The molecule has 0 aliphatic rings. The fraction of sp³-hybridized carbons (Fsp3) is 0.379. The van der Waals surface area contributed by atoms with Gasteiger partial charge in [0.15, 0.2) is 0 Å². The second kappa shape index (κ2) is 23.6. The van der Waals surface area contributed by atoms with Crippen LogP contribution in [0.2, 0.25) is 0 Å². The number of hydrogen-bond donors (Lipinski definition) is 12. The summed E-state index contributed by atoms with van der Waals surface area (Å²) >= 11 is 10.9. The minimum atomic E-state index is -0.998. The molecule has 0 spiro atoms. The highest BCUT2D eigenvalue weighted by atomic mass is 127. The predicted octanol–water partition coefficient (Wildman–Crippen LogP) is -0.108. The number of halogens is 6. The van der Waals surface area contributed by atoms with Gasteiger partial charge in [-0.25, -0.2) is 0 Å². The molecule has 18 nitrogen and oxygen atoms in total. The molecule has 24 heteroatoms. The molecule has 292 valence electrons. The van der Waals surface area contributed by atoms with Crippen LogP contribution in [0.25, 0.3) is 0 Å². The van der Waals surface area contributed by atoms with Crippen molar-refractivity contribution in [2.24, 2.45) is 0 Å². The first-order chi connectivity index (χ1) is 25.0. The summed E-state index contributed by atoms with van der Waals surface area (Å²) in [6.45, 7) is -3.95. The fourth-order valence-electron chi connectivity index (χ4n) is 4.19. The number of amides is 6. The van der Waals surface area contributed by atoms with Crippen LogP contribution in [0.4, 0.5) is 11.4 Å². The number of benzene rings is 2. The average Bonchev–Trinajstić information content (AvgIpc) is 3.12. The van der Waals surface area contributed by atoms with E-state index in [0.29, 0.717) is 0 Å². The van der Waals surface area contributed by atoms with E-state index in [1.54, 1.807) is 45.2 Å². The van der Waals surface area contributed by atoms with Crippen molar-refractivity contribution in [1.82, 2.24) is 21.3 Å². The lowest BCUT2D eigenvalue weighted by Crippen LogP contribution is -2.41. The lowest BCUT2D eigenvalue weighted by Gasteiger charge is -2.21. The van der Waals surface area contributed by atoms with Crippen molar-refractivity contribution in [3.63, 3.8) is 0 Å². The Morgan fingerprint density at radius 3 is 1.00 bits per heavy atom. The second-order valence-electron chi connectivity index (χ2n) is 10.5. The van der Waals surface area contributed by atoms with Gasteiger partial charge in [0.05, 0.1) is 86.4 Å². The molecule has 0 aliphatic carbocycles. The molecule has 0 radical (unpaired) electrons. The van der Waals surface area contributed by atoms with Crippen molar-refractivity contribution in [2.75, 3.05) is 63.4 Å². The van der Waals surface area contributed by atoms with Crippen LogP contribution < -0.4 is 31.9 Å². The van der Waals surface area contributed by atoms with Crippen molar-refractivity contribution >= 4 is 182 Å². The Morgan fingerprint density at radius 2 is 0.736 bits per heavy atom. The van der Waals surface area contributed by atoms with Crippen molar-refractivity contribution in [3.8, 4) is 0 Å². The number of aliphatic hydroxyl groups is 6. The van der Waals surface area contributed by atoms with Gasteiger partial charge >= 0.3 is 0 Å². The molecule has 2 aromatic rings. The van der Waals surface area contributed by atoms with E-state index in [-0.39, 0.29) is 74.6 Å². The Hall–Kier alpha value is -0.600. The maximum absolute atomic E-state index is 13.5. The Balaban J connectivity index is 2.35. The third-order valence-corrected chi connectivity index (χ3v) is 13.3. The Kier molecular flexibility index (Phi) is 21.6. The smallest absolute Gasteiger partial charge is 0.253 e. The van der Waals surface area contributed by atoms with E-state index in [0.717, 1.165) is 0 Å². The maximum Gasteiger partial charge on any atom is 0.253 e. The molecule has 0 heterocycles. The molecule has 2 rings (SSSR count). The minimum absolute atomic E-state index is 0.0169. The van der Waals surface area contributed by atoms with E-state index in [2.05, 4.69) is 31.9 Å². The zero-order chi connectivity index (χ0) is 40.2. The fourth-order valence-corrected chi connectivity index (χ4v) is 13.0. The number of nitrogens with one attached hydrogen (secondary N) is 6. The lowest BCUT2D eigenvalue weighted by molar-refractivity contribution is -0.119. The Labute approximate surface area is 383 Å². The first-order valence-electron chi connectivity index (χ1n) is 14.9. The Morgan fingerprint density at radius 1 is 0.453 bits per heavy atom. The molecule has 0 saturated carbocycles. The van der Waals surface area contributed by atoms with Gasteiger partial charge < -0.3 is 62.5 Å². The lowest BCUT2D eigenvalue weighted by atomic mass is 10.1. The summed E-state index contributed by atoms with van der Waals surface area (Å²) in [5, 5.41) is 71.8. The summed E-state index contributed by atoms with van der Waals surface area (Å²) in [7, 11) is 0. The number of carbonyl (C=O) groups excluding carboxylic acids is 6. The van der Waals surface area contributed by atoms with Gasteiger partial charge in [-0.05, 0) is 142 Å². The molecular formula is C29H32I6N6O12.